The van der Waals surface area contributed by atoms with Gasteiger partial charge in [-0.2, -0.15) is 5.10 Å². The predicted molar refractivity (Wildman–Crippen MR) is 79.6 cm³/mol. The largest absolute Gasteiger partial charge is 0.493 e. The van der Waals surface area contributed by atoms with Gasteiger partial charge in [0.15, 0.2) is 5.75 Å². The van der Waals surface area contributed by atoms with Gasteiger partial charge < -0.3 is 10.1 Å². The molecular weight excluding hydrogens is 238 g/mol. The number of nitrogens with one attached hydrogen (secondary N) is 1. The quantitative estimate of drug-likeness (QED) is 0.659. The Morgan fingerprint density at radius 2 is 2.05 bits per heavy atom. The predicted octanol–water partition coefficient (Wildman–Crippen LogP) is 3.53. The minimum Gasteiger partial charge on any atom is -0.493 e. The third-order valence-electron chi connectivity index (χ3n) is 3.38. The summed E-state index contributed by atoms with van der Waals surface area (Å²) in [6.07, 6.45) is 7.86. The Hall–Kier alpha value is -1.03. The van der Waals surface area contributed by atoms with Gasteiger partial charge in [0.2, 0.25) is 0 Å². The van der Waals surface area contributed by atoms with E-state index >= 15 is 0 Å². The highest BCUT2D eigenvalue weighted by Crippen LogP contribution is 2.28. The van der Waals surface area contributed by atoms with Crippen LogP contribution in [0.1, 0.15) is 64.6 Å². The van der Waals surface area contributed by atoms with Crippen LogP contribution in [0, 0.1) is 0 Å². The second kappa shape index (κ2) is 8.97. The van der Waals surface area contributed by atoms with Gasteiger partial charge in [0.1, 0.15) is 0 Å². The topological polar surface area (TPSA) is 39.1 Å². The van der Waals surface area contributed by atoms with E-state index in [9.17, 15) is 0 Å². The molecule has 1 unspecified atom stereocenters. The van der Waals surface area contributed by atoms with Crippen molar-refractivity contribution in [1.29, 1.82) is 0 Å². The fraction of sp³-hybridized carbons (Fsp3) is 0.800. The van der Waals surface area contributed by atoms with Crippen LogP contribution in [0.25, 0.3) is 0 Å². The molecular formula is C15H29N3O. The number of aromatic nitrogens is 2. The molecule has 1 N–H and O–H groups in total. The number of hydrogen-bond donors (Lipinski definition) is 1. The highest BCUT2D eigenvalue weighted by atomic mass is 16.5. The summed E-state index contributed by atoms with van der Waals surface area (Å²) >= 11 is 0. The lowest BCUT2D eigenvalue weighted by molar-refractivity contribution is 0.381. The maximum atomic E-state index is 5.48. The number of hydrogen-bond acceptors (Lipinski definition) is 3. The Labute approximate surface area is 117 Å². The maximum absolute atomic E-state index is 5.48. The standard InChI is InChI=1S/C15H29N3O/c1-5-8-9-10-13(16-7-3)15-14(19-4)12-17-18(15)11-6-2/h12-13,16H,5-11H2,1-4H3. The van der Waals surface area contributed by atoms with Crippen LogP contribution in [-0.4, -0.2) is 23.4 Å². The number of unbranched alkanes of at least 4 members (excludes halogenated alkanes) is 2. The second-order valence-electron chi connectivity index (χ2n) is 4.93. The van der Waals surface area contributed by atoms with E-state index in [-0.39, 0.29) is 0 Å². The zero-order chi connectivity index (χ0) is 14.1. The van der Waals surface area contributed by atoms with Gasteiger partial charge >= 0.3 is 0 Å². The molecule has 4 heteroatoms. The van der Waals surface area contributed by atoms with Crippen molar-refractivity contribution in [2.45, 2.75) is 65.5 Å². The van der Waals surface area contributed by atoms with Crippen LogP contribution in [-0.2, 0) is 6.54 Å². The van der Waals surface area contributed by atoms with Gasteiger partial charge in [-0.05, 0) is 19.4 Å². The summed E-state index contributed by atoms with van der Waals surface area (Å²) in [5.41, 5.74) is 1.21. The molecule has 0 fully saturated rings. The maximum Gasteiger partial charge on any atom is 0.161 e. The van der Waals surface area contributed by atoms with Gasteiger partial charge in [0.05, 0.1) is 25.0 Å². The van der Waals surface area contributed by atoms with Crippen molar-refractivity contribution in [3.05, 3.63) is 11.9 Å². The molecule has 1 rings (SSSR count). The van der Waals surface area contributed by atoms with E-state index in [4.69, 9.17) is 4.74 Å². The summed E-state index contributed by atoms with van der Waals surface area (Å²) < 4.78 is 7.58. The van der Waals surface area contributed by atoms with E-state index < -0.39 is 0 Å². The molecule has 1 atom stereocenters. The van der Waals surface area contributed by atoms with Crippen LogP contribution >= 0.6 is 0 Å². The average Bonchev–Trinajstić information content (AvgIpc) is 2.81. The van der Waals surface area contributed by atoms with Gasteiger partial charge in [-0.25, -0.2) is 0 Å². The zero-order valence-electron chi connectivity index (χ0n) is 12.9. The van der Waals surface area contributed by atoms with Crippen molar-refractivity contribution < 1.29 is 4.74 Å². The van der Waals surface area contributed by atoms with Crippen LogP contribution in [0.5, 0.6) is 5.75 Å². The monoisotopic (exact) mass is 267 g/mol. The fourth-order valence-corrected chi connectivity index (χ4v) is 2.46. The molecule has 0 aromatic carbocycles. The number of ether oxygens (including phenoxy) is 1. The summed E-state index contributed by atoms with van der Waals surface area (Å²) in [7, 11) is 1.73. The van der Waals surface area contributed by atoms with Crippen LogP contribution < -0.4 is 10.1 Å². The molecule has 1 aromatic heterocycles. The van der Waals surface area contributed by atoms with Gasteiger partial charge in [0, 0.05) is 6.54 Å². The van der Waals surface area contributed by atoms with Crippen molar-refractivity contribution >= 4 is 0 Å². The van der Waals surface area contributed by atoms with Crippen molar-refractivity contribution in [3.63, 3.8) is 0 Å². The lowest BCUT2D eigenvalue weighted by atomic mass is 10.0. The molecule has 0 aliphatic carbocycles. The van der Waals surface area contributed by atoms with Crippen LogP contribution in [0.15, 0.2) is 6.20 Å². The molecule has 0 aliphatic rings. The normalized spacial score (nSPS) is 12.6. The molecule has 0 spiro atoms. The zero-order valence-corrected chi connectivity index (χ0v) is 12.9. The highest BCUT2D eigenvalue weighted by molar-refractivity contribution is 5.28. The van der Waals surface area contributed by atoms with E-state index in [2.05, 4.69) is 35.9 Å². The Morgan fingerprint density at radius 3 is 2.63 bits per heavy atom. The smallest absolute Gasteiger partial charge is 0.161 e. The molecule has 0 radical (unpaired) electrons. The summed E-state index contributed by atoms with van der Waals surface area (Å²) in [6.45, 7) is 8.49. The first-order valence-electron chi connectivity index (χ1n) is 7.61. The summed E-state index contributed by atoms with van der Waals surface area (Å²) in [4.78, 5) is 0. The fourth-order valence-electron chi connectivity index (χ4n) is 2.46. The van der Waals surface area contributed by atoms with Gasteiger partial charge in [-0.1, -0.05) is 40.0 Å². The lowest BCUT2D eigenvalue weighted by Crippen LogP contribution is -2.24. The van der Waals surface area contributed by atoms with Crippen LogP contribution in [0.4, 0.5) is 0 Å². The van der Waals surface area contributed by atoms with Crippen molar-refractivity contribution in [2.24, 2.45) is 0 Å². The minimum atomic E-state index is 0.348. The number of nitrogens with zero attached hydrogens (tertiary/aromatic N) is 2. The Morgan fingerprint density at radius 1 is 1.26 bits per heavy atom. The first-order chi connectivity index (χ1) is 9.28. The summed E-state index contributed by atoms with van der Waals surface area (Å²) in [5.74, 6) is 0.913. The highest BCUT2D eigenvalue weighted by Gasteiger charge is 2.20. The van der Waals surface area contributed by atoms with E-state index in [0.29, 0.717) is 6.04 Å². The number of rotatable bonds is 10. The van der Waals surface area contributed by atoms with E-state index in [1.165, 1.54) is 25.0 Å². The SMILES string of the molecule is CCCCCC(NCC)c1c(OC)cnn1CCC. The average molecular weight is 267 g/mol. The Balaban J connectivity index is 2.87. The molecule has 0 bridgehead atoms. The third kappa shape index (κ3) is 4.53. The molecule has 0 aliphatic heterocycles. The summed E-state index contributed by atoms with van der Waals surface area (Å²) in [6, 6.07) is 0.348. The first-order valence-corrected chi connectivity index (χ1v) is 7.61. The molecule has 19 heavy (non-hydrogen) atoms. The number of methoxy groups -OCH3 is 1. The Kier molecular flexibility index (Phi) is 7.56. The molecule has 0 saturated heterocycles. The van der Waals surface area contributed by atoms with Crippen LogP contribution in [0.3, 0.4) is 0 Å². The van der Waals surface area contributed by atoms with Gasteiger partial charge in [0.25, 0.3) is 0 Å². The third-order valence-corrected chi connectivity index (χ3v) is 3.38. The van der Waals surface area contributed by atoms with Crippen LogP contribution in [0.2, 0.25) is 0 Å². The van der Waals surface area contributed by atoms with E-state index in [0.717, 1.165) is 31.7 Å². The van der Waals surface area contributed by atoms with E-state index in [1.807, 2.05) is 6.20 Å². The Bertz CT molecular complexity index is 349. The number of aryl methyl sites for hydroxylation is 1. The van der Waals surface area contributed by atoms with Crippen molar-refractivity contribution in [3.8, 4) is 5.75 Å². The van der Waals surface area contributed by atoms with Gasteiger partial charge in [-0.3, -0.25) is 4.68 Å². The minimum absolute atomic E-state index is 0.348. The van der Waals surface area contributed by atoms with Crippen molar-refractivity contribution in [1.82, 2.24) is 15.1 Å². The van der Waals surface area contributed by atoms with Crippen molar-refractivity contribution in [2.75, 3.05) is 13.7 Å². The first kappa shape index (κ1) is 16.0. The molecule has 1 heterocycles. The lowest BCUT2D eigenvalue weighted by Gasteiger charge is -2.20. The summed E-state index contributed by atoms with van der Waals surface area (Å²) in [5, 5.41) is 8.04. The molecule has 4 nitrogen and oxygen atoms in total. The molecule has 110 valence electrons. The molecule has 0 saturated carbocycles. The van der Waals surface area contributed by atoms with E-state index in [1.54, 1.807) is 7.11 Å². The molecule has 0 amide bonds. The molecule has 1 aromatic rings. The second-order valence-corrected chi connectivity index (χ2v) is 4.93. The van der Waals surface area contributed by atoms with Gasteiger partial charge in [-0.15, -0.1) is 0 Å².